The van der Waals surface area contributed by atoms with Gasteiger partial charge in [0.25, 0.3) is 0 Å². The summed E-state index contributed by atoms with van der Waals surface area (Å²) < 4.78 is 5.80. The first-order chi connectivity index (χ1) is 7.83. The van der Waals surface area contributed by atoms with Gasteiger partial charge in [0, 0.05) is 6.04 Å². The van der Waals surface area contributed by atoms with Crippen LogP contribution in [0, 0.1) is 0 Å². The number of fused-ring (bicyclic) bond motifs is 1. The molecule has 0 atom stereocenters. The molecule has 0 amide bonds. The molecular weight excluding hydrogens is 202 g/mol. The summed E-state index contributed by atoms with van der Waals surface area (Å²) >= 11 is 0. The summed E-state index contributed by atoms with van der Waals surface area (Å²) in [5, 5.41) is 0.963. The number of hydrogen-bond acceptors (Lipinski definition) is 4. The van der Waals surface area contributed by atoms with Gasteiger partial charge in [0.1, 0.15) is 12.4 Å². The number of nitrogens with zero attached hydrogens (tertiary/aromatic N) is 2. The maximum Gasteiger partial charge on any atom is 0.224 e. The number of nitrogens with two attached hydrogens (primary N) is 1. The zero-order chi connectivity index (χ0) is 11.0. The predicted octanol–water partition coefficient (Wildman–Crippen LogP) is 1.50. The molecule has 1 aromatic carbocycles. The second-order valence-corrected chi connectivity index (χ2v) is 4.17. The smallest absolute Gasteiger partial charge is 0.224 e. The lowest BCUT2D eigenvalue weighted by Crippen LogP contribution is -2.43. The highest BCUT2D eigenvalue weighted by molar-refractivity contribution is 5.82. The van der Waals surface area contributed by atoms with Gasteiger partial charge < -0.3 is 10.5 Å². The van der Waals surface area contributed by atoms with Crippen molar-refractivity contribution in [3.8, 4) is 5.88 Å². The largest absolute Gasteiger partial charge is 0.474 e. The van der Waals surface area contributed by atoms with Gasteiger partial charge in [-0.15, -0.1) is 0 Å². The van der Waals surface area contributed by atoms with E-state index in [0.29, 0.717) is 5.88 Å². The van der Waals surface area contributed by atoms with Crippen molar-refractivity contribution in [1.29, 1.82) is 0 Å². The minimum Gasteiger partial charge on any atom is -0.474 e. The van der Waals surface area contributed by atoms with Gasteiger partial charge in [0.05, 0.1) is 10.9 Å². The molecule has 0 unspecified atom stereocenters. The Kier molecular flexibility index (Phi) is 2.22. The zero-order valence-electron chi connectivity index (χ0n) is 8.84. The molecule has 1 heterocycles. The molecule has 4 heteroatoms. The third-order valence-corrected chi connectivity index (χ3v) is 2.92. The first-order valence-corrected chi connectivity index (χ1v) is 5.45. The monoisotopic (exact) mass is 215 g/mol. The van der Waals surface area contributed by atoms with Gasteiger partial charge in [-0.2, -0.15) is 0 Å². The maximum atomic E-state index is 5.80. The van der Waals surface area contributed by atoms with Crippen molar-refractivity contribution >= 4 is 10.9 Å². The Morgan fingerprint density at radius 3 is 2.81 bits per heavy atom. The number of hydrogen-bond donors (Lipinski definition) is 1. The lowest BCUT2D eigenvalue weighted by molar-refractivity contribution is 0.0975. The molecule has 0 radical (unpaired) electrons. The molecule has 1 aromatic heterocycles. The van der Waals surface area contributed by atoms with Gasteiger partial charge >= 0.3 is 0 Å². The van der Waals surface area contributed by atoms with E-state index in [9.17, 15) is 0 Å². The van der Waals surface area contributed by atoms with Crippen LogP contribution < -0.4 is 10.5 Å². The van der Waals surface area contributed by atoms with Crippen LogP contribution in [-0.4, -0.2) is 22.1 Å². The van der Waals surface area contributed by atoms with Crippen molar-refractivity contribution in [3.63, 3.8) is 0 Å². The van der Waals surface area contributed by atoms with E-state index in [1.165, 1.54) is 6.33 Å². The highest BCUT2D eigenvalue weighted by Crippen LogP contribution is 2.27. The minimum absolute atomic E-state index is 0.216. The summed E-state index contributed by atoms with van der Waals surface area (Å²) in [6.45, 7) is 0. The van der Waals surface area contributed by atoms with Crippen molar-refractivity contribution in [2.75, 3.05) is 0 Å². The van der Waals surface area contributed by atoms with Crippen molar-refractivity contribution in [2.24, 2.45) is 5.73 Å². The topological polar surface area (TPSA) is 61.0 Å². The summed E-state index contributed by atoms with van der Waals surface area (Å²) in [6.07, 6.45) is 3.58. The summed E-state index contributed by atoms with van der Waals surface area (Å²) in [5.74, 6) is 0.669. The molecule has 1 aliphatic rings. The number of aromatic nitrogens is 2. The first kappa shape index (κ1) is 9.54. The fourth-order valence-electron chi connectivity index (χ4n) is 1.93. The molecule has 4 nitrogen and oxygen atoms in total. The molecule has 2 aromatic rings. The van der Waals surface area contributed by atoms with E-state index >= 15 is 0 Å². The molecule has 0 bridgehead atoms. The Hall–Kier alpha value is -1.68. The lowest BCUT2D eigenvalue weighted by atomic mass is 9.90. The highest BCUT2D eigenvalue weighted by atomic mass is 16.5. The molecule has 82 valence electrons. The second-order valence-electron chi connectivity index (χ2n) is 4.17. The van der Waals surface area contributed by atoms with Gasteiger partial charge in [-0.3, -0.25) is 0 Å². The average Bonchev–Trinajstić information content (AvgIpc) is 2.27. The van der Waals surface area contributed by atoms with Gasteiger partial charge in [-0.25, -0.2) is 9.97 Å². The van der Waals surface area contributed by atoms with E-state index in [4.69, 9.17) is 10.5 Å². The van der Waals surface area contributed by atoms with E-state index in [1.807, 2.05) is 24.3 Å². The Labute approximate surface area is 93.5 Å². The van der Waals surface area contributed by atoms with E-state index < -0.39 is 0 Å². The average molecular weight is 215 g/mol. The van der Waals surface area contributed by atoms with Crippen LogP contribution in [0.3, 0.4) is 0 Å². The molecular formula is C12H13N3O. The third-order valence-electron chi connectivity index (χ3n) is 2.92. The van der Waals surface area contributed by atoms with E-state index in [2.05, 4.69) is 9.97 Å². The summed E-state index contributed by atoms with van der Waals surface area (Å²) in [7, 11) is 0. The van der Waals surface area contributed by atoms with Crippen LogP contribution in [0.4, 0.5) is 0 Å². The molecule has 16 heavy (non-hydrogen) atoms. The summed E-state index contributed by atoms with van der Waals surface area (Å²) in [6, 6.07) is 8.14. The minimum atomic E-state index is 0.216. The molecule has 3 rings (SSSR count). The first-order valence-electron chi connectivity index (χ1n) is 5.45. The van der Waals surface area contributed by atoms with E-state index in [1.54, 1.807) is 0 Å². The van der Waals surface area contributed by atoms with Gasteiger partial charge in [0.15, 0.2) is 0 Å². The standard InChI is InChI=1S/C12H13N3O/c13-8-5-9(6-8)16-12-10-3-1-2-4-11(10)14-7-15-12/h1-4,7-9H,5-6,13H2. The number of ether oxygens (including phenoxy) is 1. The number of benzene rings is 1. The maximum absolute atomic E-state index is 5.80. The van der Waals surface area contributed by atoms with Crippen molar-refractivity contribution in [1.82, 2.24) is 9.97 Å². The highest BCUT2D eigenvalue weighted by Gasteiger charge is 2.28. The van der Waals surface area contributed by atoms with Crippen LogP contribution in [0.15, 0.2) is 30.6 Å². The van der Waals surface area contributed by atoms with Crippen molar-refractivity contribution in [3.05, 3.63) is 30.6 Å². The second kappa shape index (κ2) is 3.72. The fourth-order valence-corrected chi connectivity index (χ4v) is 1.93. The van der Waals surface area contributed by atoms with Gasteiger partial charge in [-0.05, 0) is 25.0 Å². The van der Waals surface area contributed by atoms with Crippen molar-refractivity contribution < 1.29 is 4.74 Å². The molecule has 1 fully saturated rings. The van der Waals surface area contributed by atoms with Crippen LogP contribution in [0.2, 0.25) is 0 Å². The van der Waals surface area contributed by atoms with Crippen LogP contribution in [0.5, 0.6) is 5.88 Å². The van der Waals surface area contributed by atoms with Gasteiger partial charge in [-0.1, -0.05) is 12.1 Å². The Morgan fingerprint density at radius 1 is 1.19 bits per heavy atom. The molecule has 1 saturated carbocycles. The van der Waals surface area contributed by atoms with E-state index in [-0.39, 0.29) is 12.1 Å². The Balaban J connectivity index is 1.91. The van der Waals surface area contributed by atoms with Crippen LogP contribution in [0.25, 0.3) is 10.9 Å². The predicted molar refractivity (Wildman–Crippen MR) is 61.2 cm³/mol. The number of rotatable bonds is 2. The molecule has 1 aliphatic carbocycles. The quantitative estimate of drug-likeness (QED) is 0.824. The Bertz CT molecular complexity index is 503. The van der Waals surface area contributed by atoms with Crippen LogP contribution in [-0.2, 0) is 0 Å². The summed E-state index contributed by atoms with van der Waals surface area (Å²) in [4.78, 5) is 8.37. The van der Waals surface area contributed by atoms with E-state index in [0.717, 1.165) is 23.7 Å². The van der Waals surface area contributed by atoms with Gasteiger partial charge in [0.2, 0.25) is 5.88 Å². The molecule has 2 N–H and O–H groups in total. The third kappa shape index (κ3) is 1.61. The molecule has 0 aliphatic heterocycles. The van der Waals surface area contributed by atoms with Crippen LogP contribution in [0.1, 0.15) is 12.8 Å². The SMILES string of the molecule is NC1CC(Oc2ncnc3ccccc23)C1. The van der Waals surface area contributed by atoms with Crippen molar-refractivity contribution in [2.45, 2.75) is 25.0 Å². The molecule has 0 spiro atoms. The molecule has 0 saturated heterocycles. The fraction of sp³-hybridized carbons (Fsp3) is 0.333. The lowest BCUT2D eigenvalue weighted by Gasteiger charge is -2.32. The Morgan fingerprint density at radius 2 is 2.00 bits per heavy atom. The normalized spacial score (nSPS) is 24.1. The summed E-state index contributed by atoms with van der Waals surface area (Å²) in [5.41, 5.74) is 6.64. The van der Waals surface area contributed by atoms with Crippen LogP contribution >= 0.6 is 0 Å². The zero-order valence-corrected chi connectivity index (χ0v) is 8.84. The number of para-hydroxylation sites is 1.